The lowest BCUT2D eigenvalue weighted by atomic mass is 9.99. The molecule has 0 aliphatic rings. The van der Waals surface area contributed by atoms with Crippen molar-refractivity contribution < 1.29 is 19.1 Å². The fraction of sp³-hybridized carbons (Fsp3) is 0.222. The Hall–Kier alpha value is -2.18. The Morgan fingerprint density at radius 1 is 1.12 bits per heavy atom. The summed E-state index contributed by atoms with van der Waals surface area (Å²) in [5.41, 5.74) is 2.14. The number of hydrogen-bond acceptors (Lipinski definition) is 4. The molecule has 2 aromatic carbocycles. The summed E-state index contributed by atoms with van der Waals surface area (Å²) in [5.74, 6) is -0.919. The van der Waals surface area contributed by atoms with Crippen molar-refractivity contribution in [1.82, 2.24) is 5.32 Å². The molecule has 0 radical (unpaired) electrons. The van der Waals surface area contributed by atoms with Gasteiger partial charge in [0.05, 0.1) is 13.7 Å². The number of rotatable bonds is 6. The minimum Gasteiger partial charge on any atom is -0.467 e. The molecule has 1 amide bonds. The molecule has 0 saturated carbocycles. The van der Waals surface area contributed by atoms with Crippen LogP contribution in [-0.2, 0) is 14.3 Å². The Morgan fingerprint density at radius 3 is 2.46 bits per heavy atom. The summed E-state index contributed by atoms with van der Waals surface area (Å²) in [7, 11) is 2.73. The number of methoxy groups -OCH3 is 2. The molecular weight excluding hydrogens is 374 g/mol. The van der Waals surface area contributed by atoms with E-state index in [1.54, 1.807) is 12.1 Å². The van der Waals surface area contributed by atoms with Crippen LogP contribution in [0, 0.1) is 0 Å². The van der Waals surface area contributed by atoms with Crippen LogP contribution in [0.2, 0.25) is 0 Å². The van der Waals surface area contributed by atoms with Crippen LogP contribution in [0.5, 0.6) is 0 Å². The molecule has 6 heteroatoms. The number of hydrogen-bond donors (Lipinski definition) is 1. The highest BCUT2D eigenvalue weighted by atomic mass is 79.9. The van der Waals surface area contributed by atoms with Gasteiger partial charge in [-0.3, -0.25) is 4.79 Å². The maximum absolute atomic E-state index is 12.7. The van der Waals surface area contributed by atoms with Gasteiger partial charge in [0.15, 0.2) is 6.04 Å². The Balaban J connectivity index is 2.34. The van der Waals surface area contributed by atoms with Crippen LogP contribution in [0.15, 0.2) is 53.0 Å². The number of carbonyl (C=O) groups excluding carboxylic acids is 2. The van der Waals surface area contributed by atoms with E-state index in [2.05, 4.69) is 21.2 Å². The predicted molar refractivity (Wildman–Crippen MR) is 94.7 cm³/mol. The molecule has 0 aliphatic carbocycles. The van der Waals surface area contributed by atoms with Crippen LogP contribution in [0.1, 0.15) is 10.4 Å². The highest BCUT2D eigenvalue weighted by Gasteiger charge is 2.23. The van der Waals surface area contributed by atoms with E-state index >= 15 is 0 Å². The number of halogens is 1. The molecule has 0 heterocycles. The van der Waals surface area contributed by atoms with Gasteiger partial charge in [0, 0.05) is 17.1 Å². The first-order chi connectivity index (χ1) is 11.6. The van der Waals surface area contributed by atoms with E-state index in [4.69, 9.17) is 9.47 Å². The maximum Gasteiger partial charge on any atom is 0.330 e. The quantitative estimate of drug-likeness (QED) is 0.768. The first-order valence-electron chi connectivity index (χ1n) is 7.29. The molecule has 0 saturated heterocycles. The second-order valence-electron chi connectivity index (χ2n) is 5.06. The van der Waals surface area contributed by atoms with Gasteiger partial charge in [-0.25, -0.2) is 4.79 Å². The van der Waals surface area contributed by atoms with Gasteiger partial charge in [-0.2, -0.15) is 0 Å². The molecule has 0 fully saturated rings. The van der Waals surface area contributed by atoms with Crippen molar-refractivity contribution in [2.45, 2.75) is 6.04 Å². The lowest BCUT2D eigenvalue weighted by molar-refractivity contribution is -0.144. The molecule has 0 bridgehead atoms. The average Bonchev–Trinajstić information content (AvgIpc) is 2.61. The highest BCUT2D eigenvalue weighted by Crippen LogP contribution is 2.27. The van der Waals surface area contributed by atoms with E-state index in [-0.39, 0.29) is 12.5 Å². The lowest BCUT2D eigenvalue weighted by Crippen LogP contribution is -2.44. The fourth-order valence-electron chi connectivity index (χ4n) is 2.28. The zero-order valence-corrected chi connectivity index (χ0v) is 15.0. The van der Waals surface area contributed by atoms with E-state index in [0.29, 0.717) is 5.56 Å². The zero-order valence-electron chi connectivity index (χ0n) is 13.4. The molecule has 0 aliphatic heterocycles. The SMILES string of the molecule is COCC(NC(=O)c1ccc(Br)cc1-c1ccccc1)C(=O)OC. The number of carbonyl (C=O) groups is 2. The molecule has 5 nitrogen and oxygen atoms in total. The summed E-state index contributed by atoms with van der Waals surface area (Å²) in [4.78, 5) is 24.4. The summed E-state index contributed by atoms with van der Waals surface area (Å²) in [6, 6.07) is 14.1. The summed E-state index contributed by atoms with van der Waals surface area (Å²) in [6.45, 7) is 0.0373. The summed E-state index contributed by atoms with van der Waals surface area (Å²) >= 11 is 3.43. The minimum atomic E-state index is -0.861. The van der Waals surface area contributed by atoms with Crippen LogP contribution in [0.25, 0.3) is 11.1 Å². The normalized spacial score (nSPS) is 11.6. The van der Waals surface area contributed by atoms with Crippen LogP contribution < -0.4 is 5.32 Å². The third kappa shape index (κ3) is 4.43. The van der Waals surface area contributed by atoms with Crippen LogP contribution in [-0.4, -0.2) is 38.7 Å². The van der Waals surface area contributed by atoms with Crippen molar-refractivity contribution in [1.29, 1.82) is 0 Å². The van der Waals surface area contributed by atoms with Gasteiger partial charge >= 0.3 is 5.97 Å². The molecule has 24 heavy (non-hydrogen) atoms. The van der Waals surface area contributed by atoms with Crippen LogP contribution in [0.3, 0.4) is 0 Å². The Bertz CT molecular complexity index is 718. The topological polar surface area (TPSA) is 64.6 Å². The molecule has 1 atom stereocenters. The van der Waals surface area contributed by atoms with Crippen LogP contribution >= 0.6 is 15.9 Å². The Labute approximate surface area is 149 Å². The monoisotopic (exact) mass is 391 g/mol. The van der Waals surface area contributed by atoms with Crippen molar-refractivity contribution in [2.75, 3.05) is 20.8 Å². The Kier molecular flexibility index (Phi) is 6.52. The third-order valence-corrected chi connectivity index (χ3v) is 3.93. The Morgan fingerprint density at radius 2 is 1.83 bits per heavy atom. The van der Waals surface area contributed by atoms with Crippen molar-refractivity contribution in [2.24, 2.45) is 0 Å². The van der Waals surface area contributed by atoms with E-state index in [9.17, 15) is 9.59 Å². The van der Waals surface area contributed by atoms with Crippen LogP contribution in [0.4, 0.5) is 0 Å². The van der Waals surface area contributed by atoms with Crippen molar-refractivity contribution in [3.63, 3.8) is 0 Å². The standard InChI is InChI=1S/C18H18BrNO4/c1-23-11-16(18(22)24-2)20-17(21)14-9-8-13(19)10-15(14)12-6-4-3-5-7-12/h3-10,16H,11H2,1-2H3,(H,20,21). The molecule has 2 aromatic rings. The smallest absolute Gasteiger partial charge is 0.330 e. The highest BCUT2D eigenvalue weighted by molar-refractivity contribution is 9.10. The largest absolute Gasteiger partial charge is 0.467 e. The van der Waals surface area contributed by atoms with Crippen molar-refractivity contribution in [3.8, 4) is 11.1 Å². The van der Waals surface area contributed by atoms with Gasteiger partial charge in [0.2, 0.25) is 0 Å². The number of esters is 1. The zero-order chi connectivity index (χ0) is 17.5. The molecule has 1 unspecified atom stereocenters. The van der Waals surface area contributed by atoms with Gasteiger partial charge in [-0.05, 0) is 29.3 Å². The van der Waals surface area contributed by atoms with Crippen molar-refractivity contribution in [3.05, 3.63) is 58.6 Å². The number of nitrogens with one attached hydrogen (secondary N) is 1. The molecule has 126 valence electrons. The molecule has 0 spiro atoms. The summed E-state index contributed by atoms with van der Waals surface area (Å²) in [6.07, 6.45) is 0. The second kappa shape index (κ2) is 8.61. The van der Waals surface area contributed by atoms with Gasteiger partial charge in [-0.15, -0.1) is 0 Å². The fourth-order valence-corrected chi connectivity index (χ4v) is 2.65. The number of benzene rings is 2. The number of ether oxygens (including phenoxy) is 2. The van der Waals surface area contributed by atoms with Gasteiger partial charge in [0.1, 0.15) is 0 Å². The lowest BCUT2D eigenvalue weighted by Gasteiger charge is -2.17. The van der Waals surface area contributed by atoms with E-state index in [0.717, 1.165) is 15.6 Å². The number of amides is 1. The van der Waals surface area contributed by atoms with E-state index in [1.165, 1.54) is 14.2 Å². The molecule has 2 rings (SSSR count). The first-order valence-corrected chi connectivity index (χ1v) is 8.08. The minimum absolute atomic E-state index is 0.0373. The van der Waals surface area contributed by atoms with Gasteiger partial charge in [-0.1, -0.05) is 46.3 Å². The molecular formula is C18H18BrNO4. The summed E-state index contributed by atoms with van der Waals surface area (Å²) < 4.78 is 10.5. The maximum atomic E-state index is 12.7. The predicted octanol–water partition coefficient (Wildman–Crippen LogP) is 3.03. The molecule has 0 aromatic heterocycles. The third-order valence-electron chi connectivity index (χ3n) is 3.44. The first kappa shape index (κ1) is 18.2. The second-order valence-corrected chi connectivity index (χ2v) is 5.98. The van der Waals surface area contributed by atoms with Gasteiger partial charge in [0.25, 0.3) is 5.91 Å². The van der Waals surface area contributed by atoms with E-state index < -0.39 is 12.0 Å². The summed E-state index contributed by atoms with van der Waals surface area (Å²) in [5, 5.41) is 2.66. The van der Waals surface area contributed by atoms with Crippen molar-refractivity contribution >= 4 is 27.8 Å². The van der Waals surface area contributed by atoms with Gasteiger partial charge < -0.3 is 14.8 Å². The van der Waals surface area contributed by atoms with E-state index in [1.807, 2.05) is 36.4 Å². The molecule has 1 N–H and O–H groups in total. The average molecular weight is 392 g/mol.